The van der Waals surface area contributed by atoms with Gasteiger partial charge in [0.15, 0.2) is 13.2 Å². The molecule has 0 spiro atoms. The van der Waals surface area contributed by atoms with Crippen molar-refractivity contribution in [3.8, 4) is 0 Å². The van der Waals surface area contributed by atoms with Crippen LogP contribution >= 0.6 is 7.60 Å². The first-order chi connectivity index (χ1) is 10.8. The highest BCUT2D eigenvalue weighted by Gasteiger charge is 2.39. The number of hydrogen-bond acceptors (Lipinski definition) is 4. The van der Waals surface area contributed by atoms with Crippen LogP contribution in [-0.2, 0) is 18.4 Å². The largest absolute Gasteiger partial charge is 0.412 e. The van der Waals surface area contributed by atoms with Gasteiger partial charge in [-0.1, -0.05) is 33.1 Å². The maximum atomic E-state index is 12.1. The van der Waals surface area contributed by atoms with Gasteiger partial charge in [0.25, 0.3) is 0 Å². The average molecular weight is 386 g/mol. The molecule has 0 heterocycles. The lowest BCUT2D eigenvalue weighted by Gasteiger charge is -2.20. The van der Waals surface area contributed by atoms with Crippen LogP contribution in [0.1, 0.15) is 39.5 Å². The number of unbranched alkanes of at least 4 members (excludes halogenated alkanes) is 1. The van der Waals surface area contributed by atoms with Gasteiger partial charge in [0, 0.05) is 6.42 Å². The minimum atomic E-state index is -4.91. The summed E-state index contributed by atoms with van der Waals surface area (Å²) >= 11 is 0. The fraction of sp³-hybridized carbons (Fsp3) is 0.923. The molecular weight excluding hydrogens is 365 g/mol. The van der Waals surface area contributed by atoms with E-state index in [4.69, 9.17) is 0 Å². The SMILES string of the molecule is CCCCC(C)CC(=O)CP(=O)(OCC(F)(F)F)OCC(F)(F)F. The van der Waals surface area contributed by atoms with Crippen LogP contribution in [0.4, 0.5) is 26.3 Å². The molecule has 1 unspecified atom stereocenters. The van der Waals surface area contributed by atoms with E-state index in [2.05, 4.69) is 9.05 Å². The fourth-order valence-electron chi connectivity index (χ4n) is 1.80. The van der Waals surface area contributed by atoms with E-state index in [1.165, 1.54) is 0 Å². The molecule has 24 heavy (non-hydrogen) atoms. The van der Waals surface area contributed by atoms with Crippen LogP contribution in [0.25, 0.3) is 0 Å². The van der Waals surface area contributed by atoms with E-state index < -0.39 is 45.1 Å². The van der Waals surface area contributed by atoms with E-state index in [9.17, 15) is 35.7 Å². The van der Waals surface area contributed by atoms with Crippen molar-refractivity contribution in [1.29, 1.82) is 0 Å². The second-order valence-electron chi connectivity index (χ2n) is 5.54. The van der Waals surface area contributed by atoms with Gasteiger partial charge in [0.2, 0.25) is 0 Å². The van der Waals surface area contributed by atoms with Crippen molar-refractivity contribution in [3.05, 3.63) is 0 Å². The Morgan fingerprint density at radius 1 is 1.04 bits per heavy atom. The number of ketones is 1. The maximum Gasteiger partial charge on any atom is 0.412 e. The van der Waals surface area contributed by atoms with E-state index >= 15 is 0 Å². The third-order valence-corrected chi connectivity index (χ3v) is 4.63. The Morgan fingerprint density at radius 2 is 1.50 bits per heavy atom. The van der Waals surface area contributed by atoms with Crippen LogP contribution in [0.3, 0.4) is 0 Å². The Bertz CT molecular complexity index is 413. The minimum Gasteiger partial charge on any atom is -0.299 e. The van der Waals surface area contributed by atoms with Gasteiger partial charge in [0.1, 0.15) is 11.9 Å². The second kappa shape index (κ2) is 9.77. The molecule has 0 fully saturated rings. The van der Waals surface area contributed by atoms with Crippen LogP contribution in [0, 0.1) is 5.92 Å². The summed E-state index contributed by atoms with van der Waals surface area (Å²) < 4.78 is 92.9. The smallest absolute Gasteiger partial charge is 0.299 e. The lowest BCUT2D eigenvalue weighted by molar-refractivity contribution is -0.165. The molecule has 0 aliphatic heterocycles. The highest BCUT2D eigenvalue weighted by Crippen LogP contribution is 2.50. The lowest BCUT2D eigenvalue weighted by atomic mass is 9.99. The summed E-state index contributed by atoms with van der Waals surface area (Å²) in [7, 11) is -4.84. The standard InChI is InChI=1S/C13H21F6O4P/c1-3-4-5-10(2)6-11(20)7-24(21,22-8-12(14,15)16)23-9-13(17,18)19/h10H,3-9H2,1-2H3. The topological polar surface area (TPSA) is 52.6 Å². The molecule has 0 N–H and O–H groups in total. The Hall–Kier alpha value is -0.600. The number of carbonyl (C=O) groups excluding carboxylic acids is 1. The minimum absolute atomic E-state index is 0.116. The van der Waals surface area contributed by atoms with Crippen molar-refractivity contribution in [2.75, 3.05) is 19.4 Å². The van der Waals surface area contributed by atoms with Crippen LogP contribution < -0.4 is 0 Å². The first-order valence-corrected chi connectivity index (χ1v) is 9.02. The molecule has 0 saturated heterocycles. The number of rotatable bonds is 11. The van der Waals surface area contributed by atoms with Crippen LogP contribution in [-0.4, -0.2) is 37.5 Å². The quantitative estimate of drug-likeness (QED) is 0.365. The average Bonchev–Trinajstić information content (AvgIpc) is 2.39. The van der Waals surface area contributed by atoms with Crippen LogP contribution in [0.15, 0.2) is 0 Å². The van der Waals surface area contributed by atoms with Gasteiger partial charge >= 0.3 is 19.9 Å². The first kappa shape index (κ1) is 23.4. The number of hydrogen-bond donors (Lipinski definition) is 0. The van der Waals surface area contributed by atoms with Crippen molar-refractivity contribution in [1.82, 2.24) is 0 Å². The van der Waals surface area contributed by atoms with E-state index in [1.54, 1.807) is 6.92 Å². The predicted octanol–water partition coefficient (Wildman–Crippen LogP) is 5.12. The lowest BCUT2D eigenvalue weighted by Crippen LogP contribution is -2.22. The molecule has 0 saturated carbocycles. The van der Waals surface area contributed by atoms with E-state index in [1.807, 2.05) is 6.92 Å². The normalized spacial score (nSPS) is 14.7. The van der Waals surface area contributed by atoms with Gasteiger partial charge in [-0.15, -0.1) is 0 Å². The Balaban J connectivity index is 4.79. The molecule has 0 aromatic carbocycles. The molecule has 0 bridgehead atoms. The molecule has 4 nitrogen and oxygen atoms in total. The van der Waals surface area contributed by atoms with Crippen molar-refractivity contribution in [2.45, 2.75) is 51.9 Å². The van der Waals surface area contributed by atoms with E-state index in [0.29, 0.717) is 6.42 Å². The molecule has 1 atom stereocenters. The molecule has 0 rings (SSSR count). The molecule has 0 aliphatic carbocycles. The summed E-state index contributed by atoms with van der Waals surface area (Å²) in [6.07, 6.45) is -8.69. The summed E-state index contributed by atoms with van der Waals surface area (Å²) in [4.78, 5) is 11.8. The summed E-state index contributed by atoms with van der Waals surface area (Å²) in [5.74, 6) is -0.887. The zero-order valence-electron chi connectivity index (χ0n) is 13.4. The first-order valence-electron chi connectivity index (χ1n) is 7.29. The van der Waals surface area contributed by atoms with Gasteiger partial charge in [-0.3, -0.25) is 18.4 Å². The third-order valence-electron chi connectivity index (χ3n) is 2.85. The Kier molecular flexibility index (Phi) is 9.53. The Morgan fingerprint density at radius 3 is 1.88 bits per heavy atom. The molecule has 11 heteroatoms. The van der Waals surface area contributed by atoms with E-state index in [-0.39, 0.29) is 12.3 Å². The van der Waals surface area contributed by atoms with Gasteiger partial charge in [0.05, 0.1) is 0 Å². The van der Waals surface area contributed by atoms with Crippen molar-refractivity contribution < 1.29 is 44.7 Å². The van der Waals surface area contributed by atoms with Crippen molar-refractivity contribution in [3.63, 3.8) is 0 Å². The van der Waals surface area contributed by atoms with Crippen LogP contribution in [0.5, 0.6) is 0 Å². The van der Waals surface area contributed by atoms with Gasteiger partial charge in [-0.05, 0) is 5.92 Å². The zero-order valence-corrected chi connectivity index (χ0v) is 14.3. The van der Waals surface area contributed by atoms with Gasteiger partial charge in [-0.25, -0.2) is 0 Å². The molecule has 144 valence electrons. The Labute approximate surface area is 136 Å². The summed E-state index contributed by atoms with van der Waals surface area (Å²) in [6.45, 7) is -0.466. The van der Waals surface area contributed by atoms with Crippen LogP contribution in [0.2, 0.25) is 0 Å². The summed E-state index contributed by atoms with van der Waals surface area (Å²) in [6, 6.07) is 0. The molecule has 0 aromatic heterocycles. The molecular formula is C13H21F6O4P. The fourth-order valence-corrected chi connectivity index (χ4v) is 3.30. The highest BCUT2D eigenvalue weighted by atomic mass is 31.2. The highest BCUT2D eigenvalue weighted by molar-refractivity contribution is 7.54. The molecule has 0 aromatic rings. The maximum absolute atomic E-state index is 12.1. The molecule has 0 aliphatic rings. The summed E-state index contributed by atoms with van der Waals surface area (Å²) in [5, 5.41) is 0. The third kappa shape index (κ3) is 12.8. The number of carbonyl (C=O) groups is 1. The predicted molar refractivity (Wildman–Crippen MR) is 74.8 cm³/mol. The monoisotopic (exact) mass is 386 g/mol. The number of alkyl halides is 6. The van der Waals surface area contributed by atoms with Gasteiger partial charge < -0.3 is 0 Å². The summed E-state index contributed by atoms with van der Waals surface area (Å²) in [5.41, 5.74) is 0. The number of Topliss-reactive ketones (excluding diaryl/α,β-unsaturated/α-hetero) is 1. The van der Waals surface area contributed by atoms with Crippen molar-refractivity contribution in [2.24, 2.45) is 5.92 Å². The second-order valence-corrected chi connectivity index (χ2v) is 7.59. The number of halogens is 6. The van der Waals surface area contributed by atoms with E-state index in [0.717, 1.165) is 12.8 Å². The molecule has 0 amide bonds. The van der Waals surface area contributed by atoms with Gasteiger partial charge in [-0.2, -0.15) is 26.3 Å². The molecule has 0 radical (unpaired) electrons. The zero-order chi connectivity index (χ0) is 19.0. The van der Waals surface area contributed by atoms with Crippen molar-refractivity contribution >= 4 is 13.4 Å².